The Morgan fingerprint density at radius 2 is 1.80 bits per heavy atom. The molecular weight excluding hydrogens is 380 g/mol. The summed E-state index contributed by atoms with van der Waals surface area (Å²) >= 11 is 0. The summed E-state index contributed by atoms with van der Waals surface area (Å²) in [6.07, 6.45) is 0. The quantitative estimate of drug-likeness (QED) is 0.400. The summed E-state index contributed by atoms with van der Waals surface area (Å²) in [6.45, 7) is 3.82. The zero-order chi connectivity index (χ0) is 20.8. The monoisotopic (exact) mass is 398 g/mol. The molecular formula is C24H18N2O4. The van der Waals surface area contributed by atoms with Gasteiger partial charge < -0.3 is 19.3 Å². The lowest BCUT2D eigenvalue weighted by molar-refractivity contribution is 0.0998. The number of rotatable bonds is 3. The van der Waals surface area contributed by atoms with Crippen molar-refractivity contribution in [2.45, 2.75) is 13.8 Å². The van der Waals surface area contributed by atoms with Gasteiger partial charge in [0.25, 0.3) is 5.91 Å². The molecule has 0 saturated carbocycles. The highest BCUT2D eigenvalue weighted by molar-refractivity contribution is 6.06. The predicted molar refractivity (Wildman–Crippen MR) is 115 cm³/mol. The van der Waals surface area contributed by atoms with E-state index in [1.165, 1.54) is 6.07 Å². The second-order valence-corrected chi connectivity index (χ2v) is 7.23. The Morgan fingerprint density at radius 3 is 2.60 bits per heavy atom. The zero-order valence-corrected chi connectivity index (χ0v) is 16.4. The van der Waals surface area contributed by atoms with Gasteiger partial charge in [-0.05, 0) is 49.7 Å². The Balaban J connectivity index is 1.43. The van der Waals surface area contributed by atoms with Crippen LogP contribution in [0.1, 0.15) is 21.7 Å². The van der Waals surface area contributed by atoms with Crippen molar-refractivity contribution in [1.82, 2.24) is 4.98 Å². The van der Waals surface area contributed by atoms with E-state index in [2.05, 4.69) is 10.3 Å². The average molecular weight is 398 g/mol. The molecule has 0 unspecified atom stereocenters. The molecule has 0 bridgehead atoms. The molecule has 0 spiro atoms. The molecule has 0 fully saturated rings. The van der Waals surface area contributed by atoms with Crippen LogP contribution in [-0.2, 0) is 0 Å². The molecule has 30 heavy (non-hydrogen) atoms. The maximum Gasteiger partial charge on any atom is 0.291 e. The summed E-state index contributed by atoms with van der Waals surface area (Å²) in [7, 11) is 0. The predicted octanol–water partition coefficient (Wildman–Crippen LogP) is 5.82. The van der Waals surface area contributed by atoms with Crippen LogP contribution >= 0.6 is 0 Å². The maximum absolute atomic E-state index is 12.7. The van der Waals surface area contributed by atoms with Crippen molar-refractivity contribution < 1.29 is 18.7 Å². The third kappa shape index (κ3) is 2.99. The van der Waals surface area contributed by atoms with E-state index in [0.29, 0.717) is 28.3 Å². The zero-order valence-electron chi connectivity index (χ0n) is 16.4. The molecule has 0 aliphatic heterocycles. The van der Waals surface area contributed by atoms with E-state index >= 15 is 0 Å². The normalized spacial score (nSPS) is 11.3. The number of aryl methyl sites for hydroxylation is 2. The standard InChI is InChI=1S/C24H18N2O4/c1-13-7-10-21-18(11-13)26-24(30-21)17-9-8-15(12-19(17)27)25-23(28)22-14(2)16-5-3-4-6-20(16)29-22/h3-12,27H,1-2H3,(H,25,28). The van der Waals surface area contributed by atoms with Gasteiger partial charge >= 0.3 is 0 Å². The van der Waals surface area contributed by atoms with Gasteiger partial charge in [-0.25, -0.2) is 4.98 Å². The third-order valence-corrected chi connectivity index (χ3v) is 5.08. The lowest BCUT2D eigenvalue weighted by Gasteiger charge is -2.06. The van der Waals surface area contributed by atoms with Crippen molar-refractivity contribution in [2.24, 2.45) is 0 Å². The van der Waals surface area contributed by atoms with Crippen LogP contribution in [0.5, 0.6) is 5.75 Å². The van der Waals surface area contributed by atoms with Gasteiger partial charge in [-0.2, -0.15) is 0 Å². The van der Waals surface area contributed by atoms with Gasteiger partial charge in [0.2, 0.25) is 5.89 Å². The van der Waals surface area contributed by atoms with Gasteiger partial charge in [0.1, 0.15) is 16.8 Å². The SMILES string of the molecule is Cc1ccc2oc(-c3ccc(NC(=O)c4oc5ccccc5c4C)cc3O)nc2c1. The fourth-order valence-electron chi connectivity index (χ4n) is 3.52. The van der Waals surface area contributed by atoms with Crippen LogP contribution in [0.25, 0.3) is 33.5 Å². The summed E-state index contributed by atoms with van der Waals surface area (Å²) < 4.78 is 11.5. The average Bonchev–Trinajstić information content (AvgIpc) is 3.29. The number of oxazole rings is 1. The van der Waals surface area contributed by atoms with Gasteiger partial charge in [0.15, 0.2) is 11.3 Å². The van der Waals surface area contributed by atoms with Crippen molar-refractivity contribution in [3.63, 3.8) is 0 Å². The first kappa shape index (κ1) is 18.0. The number of carbonyl (C=O) groups excluding carboxylic acids is 1. The number of aromatic nitrogens is 1. The number of phenols is 1. The highest BCUT2D eigenvalue weighted by Gasteiger charge is 2.19. The number of benzene rings is 3. The van der Waals surface area contributed by atoms with Crippen LogP contribution in [0.2, 0.25) is 0 Å². The minimum Gasteiger partial charge on any atom is -0.507 e. The Kier molecular flexibility index (Phi) is 4.06. The molecule has 3 aromatic carbocycles. The number of nitrogens with zero attached hydrogens (tertiary/aromatic N) is 1. The molecule has 6 nitrogen and oxygen atoms in total. The van der Waals surface area contributed by atoms with Crippen molar-refractivity contribution in [2.75, 3.05) is 5.32 Å². The maximum atomic E-state index is 12.7. The molecule has 6 heteroatoms. The summed E-state index contributed by atoms with van der Waals surface area (Å²) in [6, 6.07) is 18.0. The van der Waals surface area contributed by atoms with E-state index in [0.717, 1.165) is 22.0 Å². The van der Waals surface area contributed by atoms with Crippen molar-refractivity contribution in [1.29, 1.82) is 0 Å². The second-order valence-electron chi connectivity index (χ2n) is 7.23. The minimum absolute atomic E-state index is 0.0441. The molecule has 0 aliphatic carbocycles. The van der Waals surface area contributed by atoms with E-state index in [4.69, 9.17) is 8.83 Å². The van der Waals surface area contributed by atoms with Crippen LogP contribution in [-0.4, -0.2) is 16.0 Å². The molecule has 0 radical (unpaired) electrons. The number of phenolic OH excluding ortho intramolecular Hbond substituents is 1. The van der Waals surface area contributed by atoms with Crippen molar-refractivity contribution in [3.05, 3.63) is 77.6 Å². The molecule has 0 aliphatic rings. The van der Waals surface area contributed by atoms with Crippen LogP contribution < -0.4 is 5.32 Å². The van der Waals surface area contributed by atoms with E-state index in [1.54, 1.807) is 12.1 Å². The van der Waals surface area contributed by atoms with Crippen LogP contribution in [0.15, 0.2) is 69.5 Å². The first-order chi connectivity index (χ1) is 14.5. The minimum atomic E-state index is -0.381. The number of hydrogen-bond acceptors (Lipinski definition) is 5. The Hall–Kier alpha value is -4.06. The number of para-hydroxylation sites is 1. The Morgan fingerprint density at radius 1 is 0.967 bits per heavy atom. The molecule has 5 aromatic rings. The third-order valence-electron chi connectivity index (χ3n) is 5.08. The summed E-state index contributed by atoms with van der Waals surface area (Å²) in [5, 5.41) is 14.2. The van der Waals surface area contributed by atoms with E-state index in [9.17, 15) is 9.90 Å². The smallest absolute Gasteiger partial charge is 0.291 e. The summed E-state index contributed by atoms with van der Waals surface area (Å²) in [5.74, 6) is 0.138. The van der Waals surface area contributed by atoms with Crippen molar-refractivity contribution >= 4 is 33.7 Å². The van der Waals surface area contributed by atoms with E-state index in [-0.39, 0.29) is 17.4 Å². The molecule has 2 aromatic heterocycles. The van der Waals surface area contributed by atoms with Gasteiger partial charge in [0.05, 0.1) is 5.56 Å². The molecule has 148 valence electrons. The fraction of sp³-hybridized carbons (Fsp3) is 0.0833. The molecule has 1 amide bonds. The molecule has 2 N–H and O–H groups in total. The van der Waals surface area contributed by atoms with Gasteiger partial charge in [0, 0.05) is 22.7 Å². The fourth-order valence-corrected chi connectivity index (χ4v) is 3.52. The van der Waals surface area contributed by atoms with Gasteiger partial charge in [-0.15, -0.1) is 0 Å². The van der Waals surface area contributed by atoms with Gasteiger partial charge in [-0.3, -0.25) is 4.79 Å². The first-order valence-corrected chi connectivity index (χ1v) is 9.49. The van der Waals surface area contributed by atoms with E-state index < -0.39 is 0 Å². The molecule has 0 saturated heterocycles. The number of amides is 1. The largest absolute Gasteiger partial charge is 0.507 e. The molecule has 0 atom stereocenters. The van der Waals surface area contributed by atoms with Gasteiger partial charge in [-0.1, -0.05) is 24.3 Å². The molecule has 5 rings (SSSR count). The van der Waals surface area contributed by atoms with E-state index in [1.807, 2.05) is 56.3 Å². The number of anilines is 1. The Bertz CT molecular complexity index is 1430. The highest BCUT2D eigenvalue weighted by Crippen LogP contribution is 2.34. The first-order valence-electron chi connectivity index (χ1n) is 9.49. The number of fused-ring (bicyclic) bond motifs is 2. The lowest BCUT2D eigenvalue weighted by Crippen LogP contribution is -2.12. The highest BCUT2D eigenvalue weighted by atomic mass is 16.4. The Labute approximate surface area is 171 Å². The second kappa shape index (κ2) is 6.77. The number of aromatic hydroxyl groups is 1. The molecule has 2 heterocycles. The number of furan rings is 1. The van der Waals surface area contributed by atoms with Crippen LogP contribution in [0.3, 0.4) is 0 Å². The van der Waals surface area contributed by atoms with Crippen molar-refractivity contribution in [3.8, 4) is 17.2 Å². The summed E-state index contributed by atoms with van der Waals surface area (Å²) in [5.41, 5.74) is 4.76. The summed E-state index contributed by atoms with van der Waals surface area (Å²) in [4.78, 5) is 17.2. The lowest BCUT2D eigenvalue weighted by atomic mass is 10.1. The van der Waals surface area contributed by atoms with Crippen LogP contribution in [0.4, 0.5) is 5.69 Å². The number of carbonyl (C=O) groups is 1. The van der Waals surface area contributed by atoms with Crippen LogP contribution in [0, 0.1) is 13.8 Å². The number of nitrogens with one attached hydrogen (secondary N) is 1. The topological polar surface area (TPSA) is 88.5 Å². The number of hydrogen-bond donors (Lipinski definition) is 2.